The Bertz CT molecular complexity index is 778. The first-order chi connectivity index (χ1) is 9.83. The average Bonchev–Trinajstić information content (AvgIpc) is 2.42. The standard InChI is InChI=1S/C14H13BrClNO3S/c1-9-2-5-13(12(16)6-9)17-21(19,20)14-7-10(8-18)3-4-11(14)15/h2-7,17-18H,8H2,1H3. The fourth-order valence-electron chi connectivity index (χ4n) is 1.75. The summed E-state index contributed by atoms with van der Waals surface area (Å²) >= 11 is 9.25. The molecule has 0 spiro atoms. The van der Waals surface area contributed by atoms with E-state index in [0.717, 1.165) is 5.56 Å². The Morgan fingerprint density at radius 1 is 1.24 bits per heavy atom. The Kier molecular flexibility index (Phi) is 4.93. The van der Waals surface area contributed by atoms with Gasteiger partial charge in [-0.05, 0) is 58.2 Å². The monoisotopic (exact) mass is 389 g/mol. The summed E-state index contributed by atoms with van der Waals surface area (Å²) in [4.78, 5) is 0.0469. The first kappa shape index (κ1) is 16.3. The second kappa shape index (κ2) is 6.36. The van der Waals surface area contributed by atoms with Crippen molar-refractivity contribution in [3.05, 3.63) is 57.0 Å². The first-order valence-electron chi connectivity index (χ1n) is 6.02. The number of hydrogen-bond acceptors (Lipinski definition) is 3. The van der Waals surface area contributed by atoms with E-state index in [9.17, 15) is 8.42 Å². The van der Waals surface area contributed by atoms with Crippen LogP contribution in [-0.2, 0) is 16.6 Å². The predicted molar refractivity (Wildman–Crippen MR) is 87.1 cm³/mol. The summed E-state index contributed by atoms with van der Waals surface area (Å²) in [6.45, 7) is 1.63. The molecule has 2 rings (SSSR count). The lowest BCUT2D eigenvalue weighted by atomic mass is 10.2. The van der Waals surface area contributed by atoms with E-state index < -0.39 is 10.0 Å². The molecule has 0 aliphatic heterocycles. The zero-order valence-corrected chi connectivity index (χ0v) is 14.3. The highest BCUT2D eigenvalue weighted by Gasteiger charge is 2.19. The van der Waals surface area contributed by atoms with Crippen molar-refractivity contribution in [1.29, 1.82) is 0 Å². The Morgan fingerprint density at radius 3 is 2.57 bits per heavy atom. The number of anilines is 1. The molecule has 0 saturated carbocycles. The van der Waals surface area contributed by atoms with Crippen molar-refractivity contribution >= 4 is 43.2 Å². The lowest BCUT2D eigenvalue weighted by molar-refractivity contribution is 0.281. The topological polar surface area (TPSA) is 66.4 Å². The fourth-order valence-corrected chi connectivity index (χ4v) is 4.19. The third-order valence-corrected chi connectivity index (χ3v) is 5.51. The van der Waals surface area contributed by atoms with E-state index in [0.29, 0.717) is 20.7 Å². The molecule has 0 saturated heterocycles. The third kappa shape index (κ3) is 3.77. The van der Waals surface area contributed by atoms with Crippen LogP contribution < -0.4 is 4.72 Å². The molecule has 2 aromatic rings. The number of benzene rings is 2. The summed E-state index contributed by atoms with van der Waals surface area (Å²) in [5.41, 5.74) is 1.75. The van der Waals surface area contributed by atoms with E-state index in [-0.39, 0.29) is 11.5 Å². The molecular formula is C14H13BrClNO3S. The van der Waals surface area contributed by atoms with Crippen LogP contribution in [0.2, 0.25) is 5.02 Å². The fraction of sp³-hybridized carbons (Fsp3) is 0.143. The molecule has 0 unspecified atom stereocenters. The number of hydrogen-bond donors (Lipinski definition) is 2. The molecule has 0 heterocycles. The molecule has 0 bridgehead atoms. The quantitative estimate of drug-likeness (QED) is 0.836. The van der Waals surface area contributed by atoms with Gasteiger partial charge in [-0.3, -0.25) is 4.72 Å². The molecule has 0 amide bonds. The predicted octanol–water partition coefficient (Wildman–Crippen LogP) is 3.70. The minimum absolute atomic E-state index is 0.0469. The highest BCUT2D eigenvalue weighted by molar-refractivity contribution is 9.10. The Balaban J connectivity index is 2.43. The van der Waals surface area contributed by atoms with Crippen LogP contribution in [0, 0.1) is 6.92 Å². The Morgan fingerprint density at radius 2 is 1.95 bits per heavy atom. The normalized spacial score (nSPS) is 11.4. The van der Waals surface area contributed by atoms with Crippen molar-refractivity contribution in [2.75, 3.05) is 4.72 Å². The van der Waals surface area contributed by atoms with E-state index in [2.05, 4.69) is 20.7 Å². The summed E-state index contributed by atoms with van der Waals surface area (Å²) < 4.78 is 27.8. The van der Waals surface area contributed by atoms with Crippen LogP contribution >= 0.6 is 27.5 Å². The van der Waals surface area contributed by atoms with Crippen molar-refractivity contribution in [2.24, 2.45) is 0 Å². The van der Waals surface area contributed by atoms with Gasteiger partial charge in [0, 0.05) is 4.47 Å². The molecule has 0 radical (unpaired) electrons. The van der Waals surface area contributed by atoms with Crippen molar-refractivity contribution in [3.63, 3.8) is 0 Å². The molecule has 112 valence electrons. The molecule has 0 aliphatic carbocycles. The van der Waals surface area contributed by atoms with Crippen LogP contribution in [0.5, 0.6) is 0 Å². The highest BCUT2D eigenvalue weighted by atomic mass is 79.9. The largest absolute Gasteiger partial charge is 0.392 e. The minimum atomic E-state index is -3.80. The number of aliphatic hydroxyl groups excluding tert-OH is 1. The molecule has 21 heavy (non-hydrogen) atoms. The zero-order valence-electron chi connectivity index (χ0n) is 11.1. The summed E-state index contributed by atoms with van der Waals surface area (Å²) in [5.74, 6) is 0. The van der Waals surface area contributed by atoms with Crippen LogP contribution in [0.4, 0.5) is 5.69 Å². The number of sulfonamides is 1. The molecule has 7 heteroatoms. The Hall–Kier alpha value is -1.08. The molecule has 2 N–H and O–H groups in total. The maximum atomic E-state index is 12.4. The molecule has 0 aromatic heterocycles. The lowest BCUT2D eigenvalue weighted by Gasteiger charge is -2.12. The van der Waals surface area contributed by atoms with Gasteiger partial charge in [-0.15, -0.1) is 0 Å². The summed E-state index contributed by atoms with van der Waals surface area (Å²) in [6.07, 6.45) is 0. The number of nitrogens with one attached hydrogen (secondary N) is 1. The lowest BCUT2D eigenvalue weighted by Crippen LogP contribution is -2.14. The SMILES string of the molecule is Cc1ccc(NS(=O)(=O)c2cc(CO)ccc2Br)c(Cl)c1. The van der Waals surface area contributed by atoms with Crippen LogP contribution in [0.25, 0.3) is 0 Å². The van der Waals surface area contributed by atoms with E-state index in [4.69, 9.17) is 16.7 Å². The summed E-state index contributed by atoms with van der Waals surface area (Å²) in [7, 11) is -3.80. The molecule has 0 aliphatic rings. The van der Waals surface area contributed by atoms with E-state index in [1.165, 1.54) is 6.07 Å². The summed E-state index contributed by atoms with van der Waals surface area (Å²) in [5, 5.41) is 9.46. The van der Waals surface area contributed by atoms with Crippen LogP contribution in [0.3, 0.4) is 0 Å². The van der Waals surface area contributed by atoms with E-state index in [1.807, 2.05) is 6.92 Å². The van der Waals surface area contributed by atoms with Crippen molar-refractivity contribution in [2.45, 2.75) is 18.4 Å². The number of halogens is 2. The third-order valence-electron chi connectivity index (χ3n) is 2.84. The average molecular weight is 391 g/mol. The van der Waals surface area contributed by atoms with Gasteiger partial charge in [0.25, 0.3) is 10.0 Å². The van der Waals surface area contributed by atoms with Crippen molar-refractivity contribution < 1.29 is 13.5 Å². The molecule has 0 fully saturated rings. The van der Waals surface area contributed by atoms with Crippen LogP contribution in [-0.4, -0.2) is 13.5 Å². The van der Waals surface area contributed by atoms with Gasteiger partial charge in [0.05, 0.1) is 17.3 Å². The van der Waals surface area contributed by atoms with Gasteiger partial charge in [-0.1, -0.05) is 23.7 Å². The van der Waals surface area contributed by atoms with Gasteiger partial charge in [-0.2, -0.15) is 0 Å². The van der Waals surface area contributed by atoms with Gasteiger partial charge >= 0.3 is 0 Å². The van der Waals surface area contributed by atoms with E-state index >= 15 is 0 Å². The van der Waals surface area contributed by atoms with Crippen molar-refractivity contribution in [1.82, 2.24) is 0 Å². The number of aliphatic hydroxyl groups is 1. The first-order valence-corrected chi connectivity index (χ1v) is 8.67. The second-order valence-corrected chi connectivity index (χ2v) is 7.42. The maximum Gasteiger partial charge on any atom is 0.263 e. The highest BCUT2D eigenvalue weighted by Crippen LogP contribution is 2.29. The minimum Gasteiger partial charge on any atom is -0.392 e. The van der Waals surface area contributed by atoms with E-state index in [1.54, 1.807) is 30.3 Å². The number of rotatable bonds is 4. The zero-order chi connectivity index (χ0) is 15.6. The maximum absolute atomic E-state index is 12.4. The summed E-state index contributed by atoms with van der Waals surface area (Å²) in [6, 6.07) is 9.69. The Labute approximate surface area is 136 Å². The van der Waals surface area contributed by atoms with Gasteiger partial charge in [0.15, 0.2) is 0 Å². The van der Waals surface area contributed by atoms with Gasteiger partial charge in [0.1, 0.15) is 4.90 Å². The van der Waals surface area contributed by atoms with Gasteiger partial charge in [-0.25, -0.2) is 8.42 Å². The van der Waals surface area contributed by atoms with Crippen LogP contribution in [0.15, 0.2) is 45.8 Å². The van der Waals surface area contributed by atoms with Gasteiger partial charge < -0.3 is 5.11 Å². The van der Waals surface area contributed by atoms with Gasteiger partial charge in [0.2, 0.25) is 0 Å². The smallest absolute Gasteiger partial charge is 0.263 e. The molecule has 4 nitrogen and oxygen atoms in total. The van der Waals surface area contributed by atoms with Crippen LogP contribution in [0.1, 0.15) is 11.1 Å². The molecular weight excluding hydrogens is 378 g/mol. The number of aryl methyl sites for hydroxylation is 1. The van der Waals surface area contributed by atoms with Crippen molar-refractivity contribution in [3.8, 4) is 0 Å². The molecule has 2 aromatic carbocycles. The molecule has 0 atom stereocenters. The second-order valence-electron chi connectivity index (χ2n) is 4.51.